The van der Waals surface area contributed by atoms with Gasteiger partial charge in [-0.05, 0) is 60.2 Å². The van der Waals surface area contributed by atoms with Crippen molar-refractivity contribution in [3.05, 3.63) is 87.9 Å². The second-order valence-electron chi connectivity index (χ2n) is 6.58. The summed E-state index contributed by atoms with van der Waals surface area (Å²) in [5, 5.41) is 0. The van der Waals surface area contributed by atoms with Crippen LogP contribution in [0.4, 0.5) is 0 Å². The van der Waals surface area contributed by atoms with Crippen molar-refractivity contribution in [2.75, 3.05) is 21.3 Å². The van der Waals surface area contributed by atoms with Crippen LogP contribution in [0.15, 0.2) is 71.2 Å². The van der Waals surface area contributed by atoms with Gasteiger partial charge in [0, 0.05) is 10.0 Å². The Morgan fingerprint density at radius 3 is 2.06 bits per heavy atom. The van der Waals surface area contributed by atoms with E-state index in [1.54, 1.807) is 36.4 Å². The number of allylic oxidation sites excluding steroid dienone is 1. The largest absolute Gasteiger partial charge is 0.493 e. The number of rotatable bonds is 8. The molecule has 32 heavy (non-hydrogen) atoms. The van der Waals surface area contributed by atoms with E-state index in [1.165, 1.54) is 39.5 Å². The maximum atomic E-state index is 12.7. The van der Waals surface area contributed by atoms with Gasteiger partial charge >= 0.3 is 5.97 Å². The van der Waals surface area contributed by atoms with E-state index in [1.807, 2.05) is 18.2 Å². The van der Waals surface area contributed by atoms with Crippen LogP contribution in [0.3, 0.4) is 0 Å². The number of halogens is 1. The Labute approximate surface area is 194 Å². The van der Waals surface area contributed by atoms with Gasteiger partial charge in [-0.1, -0.05) is 34.1 Å². The van der Waals surface area contributed by atoms with E-state index in [4.69, 9.17) is 18.9 Å². The van der Waals surface area contributed by atoms with Gasteiger partial charge in [0.15, 0.2) is 17.3 Å². The van der Waals surface area contributed by atoms with Gasteiger partial charge in [0.2, 0.25) is 5.75 Å². The Morgan fingerprint density at radius 2 is 1.47 bits per heavy atom. The van der Waals surface area contributed by atoms with E-state index in [-0.39, 0.29) is 11.3 Å². The summed E-state index contributed by atoms with van der Waals surface area (Å²) >= 11 is 3.35. The van der Waals surface area contributed by atoms with Gasteiger partial charge in [0.1, 0.15) is 5.75 Å². The van der Waals surface area contributed by atoms with Crippen molar-refractivity contribution < 1.29 is 28.5 Å². The summed E-state index contributed by atoms with van der Waals surface area (Å²) in [7, 11) is 4.43. The van der Waals surface area contributed by atoms with Crippen LogP contribution in [0.2, 0.25) is 0 Å². The lowest BCUT2D eigenvalue weighted by atomic mass is 10.1. The predicted octanol–water partition coefficient (Wildman–Crippen LogP) is 5.59. The van der Waals surface area contributed by atoms with Crippen LogP contribution >= 0.6 is 15.9 Å². The van der Waals surface area contributed by atoms with Crippen LogP contribution in [-0.4, -0.2) is 33.1 Å². The van der Waals surface area contributed by atoms with Crippen LogP contribution in [0.5, 0.6) is 23.0 Å². The molecule has 0 atom stereocenters. The lowest BCUT2D eigenvalue weighted by Crippen LogP contribution is -2.09. The monoisotopic (exact) mass is 496 g/mol. The molecule has 3 aromatic rings. The third-order valence-corrected chi connectivity index (χ3v) is 5.05. The summed E-state index contributed by atoms with van der Waals surface area (Å²) in [5.74, 6) is 0.702. The first-order chi connectivity index (χ1) is 15.4. The minimum atomic E-state index is -0.587. The van der Waals surface area contributed by atoms with Gasteiger partial charge in [-0.2, -0.15) is 0 Å². The van der Waals surface area contributed by atoms with Crippen molar-refractivity contribution in [2.24, 2.45) is 0 Å². The standard InChI is InChI=1S/C25H21BrO6/c1-29-22-14-18(15-23(30-2)24(22)31-3)25(28)32-20-6-4-5-16(13-20)7-12-21(27)17-8-10-19(26)11-9-17/h4-15H,1-3H3. The van der Waals surface area contributed by atoms with E-state index >= 15 is 0 Å². The fourth-order valence-corrected chi connectivity index (χ4v) is 3.19. The fourth-order valence-electron chi connectivity index (χ4n) is 2.93. The van der Waals surface area contributed by atoms with Gasteiger partial charge < -0.3 is 18.9 Å². The minimum Gasteiger partial charge on any atom is -0.493 e. The number of carbonyl (C=O) groups excluding carboxylic acids is 2. The zero-order chi connectivity index (χ0) is 23.1. The topological polar surface area (TPSA) is 71.1 Å². The molecule has 6 nitrogen and oxygen atoms in total. The normalized spacial score (nSPS) is 10.6. The van der Waals surface area contributed by atoms with Gasteiger partial charge in [-0.3, -0.25) is 4.79 Å². The minimum absolute atomic E-state index is 0.127. The number of ketones is 1. The van der Waals surface area contributed by atoms with E-state index in [2.05, 4.69) is 15.9 Å². The number of hydrogen-bond acceptors (Lipinski definition) is 6. The van der Waals surface area contributed by atoms with E-state index in [0.29, 0.717) is 34.1 Å². The fraction of sp³-hybridized carbons (Fsp3) is 0.120. The summed E-state index contributed by atoms with van der Waals surface area (Å²) in [4.78, 5) is 25.0. The molecule has 0 aliphatic carbocycles. The molecule has 7 heteroatoms. The summed E-state index contributed by atoms with van der Waals surface area (Å²) in [6, 6.07) is 17.0. The first kappa shape index (κ1) is 23.1. The third-order valence-electron chi connectivity index (χ3n) is 4.52. The SMILES string of the molecule is COc1cc(C(=O)Oc2cccc(C=CC(=O)c3ccc(Br)cc3)c2)cc(OC)c1OC. The predicted molar refractivity (Wildman–Crippen MR) is 125 cm³/mol. The second-order valence-corrected chi connectivity index (χ2v) is 7.50. The van der Waals surface area contributed by atoms with Crippen LogP contribution in [-0.2, 0) is 0 Å². The Bertz CT molecular complexity index is 1130. The summed E-state index contributed by atoms with van der Waals surface area (Å²) in [5.41, 5.74) is 1.53. The highest BCUT2D eigenvalue weighted by molar-refractivity contribution is 9.10. The zero-order valence-corrected chi connectivity index (χ0v) is 19.3. The highest BCUT2D eigenvalue weighted by Crippen LogP contribution is 2.38. The van der Waals surface area contributed by atoms with Crippen molar-refractivity contribution in [2.45, 2.75) is 0 Å². The molecule has 0 radical (unpaired) electrons. The Hall–Kier alpha value is -3.58. The molecule has 0 saturated carbocycles. The first-order valence-corrected chi connectivity index (χ1v) is 10.3. The molecule has 0 bridgehead atoms. The molecule has 0 aliphatic rings. The van der Waals surface area contributed by atoms with Crippen molar-refractivity contribution in [3.63, 3.8) is 0 Å². The molecular weight excluding hydrogens is 476 g/mol. The number of carbonyl (C=O) groups is 2. The number of benzene rings is 3. The Kier molecular flexibility index (Phi) is 7.68. The molecular formula is C25H21BrO6. The van der Waals surface area contributed by atoms with Crippen molar-refractivity contribution in [1.82, 2.24) is 0 Å². The van der Waals surface area contributed by atoms with Gasteiger partial charge in [0.05, 0.1) is 26.9 Å². The second kappa shape index (κ2) is 10.6. The molecule has 0 amide bonds. The number of ether oxygens (including phenoxy) is 4. The van der Waals surface area contributed by atoms with Crippen LogP contribution in [0.1, 0.15) is 26.3 Å². The smallest absolute Gasteiger partial charge is 0.343 e. The van der Waals surface area contributed by atoms with Gasteiger partial charge in [-0.25, -0.2) is 4.79 Å². The van der Waals surface area contributed by atoms with Crippen LogP contribution < -0.4 is 18.9 Å². The molecule has 164 valence electrons. The van der Waals surface area contributed by atoms with E-state index in [0.717, 1.165) is 4.47 Å². The number of hydrogen-bond donors (Lipinski definition) is 0. The average molecular weight is 497 g/mol. The molecule has 0 aromatic heterocycles. The maximum Gasteiger partial charge on any atom is 0.343 e. The first-order valence-electron chi connectivity index (χ1n) is 9.55. The number of esters is 1. The molecule has 0 unspecified atom stereocenters. The third kappa shape index (κ3) is 5.56. The summed E-state index contributed by atoms with van der Waals surface area (Å²) in [6.45, 7) is 0. The molecule has 0 N–H and O–H groups in total. The van der Waals surface area contributed by atoms with Crippen LogP contribution in [0, 0.1) is 0 Å². The number of methoxy groups -OCH3 is 3. The lowest BCUT2D eigenvalue weighted by Gasteiger charge is -2.13. The van der Waals surface area contributed by atoms with Gasteiger partial charge in [0.25, 0.3) is 0 Å². The highest BCUT2D eigenvalue weighted by atomic mass is 79.9. The van der Waals surface area contributed by atoms with Crippen LogP contribution in [0.25, 0.3) is 6.08 Å². The lowest BCUT2D eigenvalue weighted by molar-refractivity contribution is 0.0733. The van der Waals surface area contributed by atoms with E-state index in [9.17, 15) is 9.59 Å². The van der Waals surface area contributed by atoms with Crippen molar-refractivity contribution in [3.8, 4) is 23.0 Å². The van der Waals surface area contributed by atoms with E-state index < -0.39 is 5.97 Å². The molecule has 0 aliphatic heterocycles. The summed E-state index contributed by atoms with van der Waals surface area (Å²) < 4.78 is 22.2. The average Bonchev–Trinajstić information content (AvgIpc) is 2.82. The molecule has 0 fully saturated rings. The van der Waals surface area contributed by atoms with Gasteiger partial charge in [-0.15, -0.1) is 0 Å². The maximum absolute atomic E-state index is 12.7. The Balaban J connectivity index is 1.76. The Morgan fingerprint density at radius 1 is 0.812 bits per heavy atom. The molecule has 3 rings (SSSR count). The highest BCUT2D eigenvalue weighted by Gasteiger charge is 2.18. The molecule has 0 spiro atoms. The quantitative estimate of drug-likeness (QED) is 0.175. The van der Waals surface area contributed by atoms with Crippen molar-refractivity contribution in [1.29, 1.82) is 0 Å². The zero-order valence-electron chi connectivity index (χ0n) is 17.8. The molecule has 0 heterocycles. The molecule has 0 saturated heterocycles. The molecule has 3 aromatic carbocycles. The summed E-state index contributed by atoms with van der Waals surface area (Å²) in [6.07, 6.45) is 3.14. The van der Waals surface area contributed by atoms with Crippen molar-refractivity contribution >= 4 is 33.8 Å².